The minimum Gasteiger partial charge on any atom is -0.272 e. The van der Waals surface area contributed by atoms with Crippen LogP contribution in [0, 0.1) is 12.8 Å². The Balaban J connectivity index is 1.87. The summed E-state index contributed by atoms with van der Waals surface area (Å²) in [7, 11) is 0. The van der Waals surface area contributed by atoms with Gasteiger partial charge >= 0.3 is 6.18 Å². The molecule has 0 aromatic carbocycles. The van der Waals surface area contributed by atoms with Gasteiger partial charge in [-0.3, -0.25) is 13.9 Å². The largest absolute Gasteiger partial charge is 0.434 e. The van der Waals surface area contributed by atoms with Gasteiger partial charge in [0.25, 0.3) is 11.5 Å². The van der Waals surface area contributed by atoms with E-state index >= 15 is 0 Å². The Morgan fingerprint density at radius 3 is 2.57 bits per heavy atom. The molecule has 0 amide bonds. The molecule has 1 fully saturated rings. The number of nitrogens with zero attached hydrogens (tertiary/aromatic N) is 5. The average Bonchev–Trinajstić information content (AvgIpc) is 2.94. The van der Waals surface area contributed by atoms with Crippen molar-refractivity contribution in [1.29, 1.82) is 0 Å². The normalized spacial score (nSPS) is 18.8. The Morgan fingerprint density at radius 2 is 2.00 bits per heavy atom. The zero-order valence-corrected chi connectivity index (χ0v) is 14.9. The Labute approximate surface area is 157 Å². The van der Waals surface area contributed by atoms with Gasteiger partial charge in [0.15, 0.2) is 18.0 Å². The number of imidazole rings is 1. The van der Waals surface area contributed by atoms with Crippen LogP contribution in [-0.4, -0.2) is 29.1 Å². The SMILES string of the molecule is Cc1cn2c(=O)c(-c3cnn(CC4CC4(F)F)c3)c(C(F)(F)F)nc2n1SF. The fourth-order valence-electron chi connectivity index (χ4n) is 3.02. The molecule has 0 N–H and O–H groups in total. The number of hydrogen-bond donors (Lipinski definition) is 0. The first-order valence-electron chi connectivity index (χ1n) is 7.94. The molecule has 4 rings (SSSR count). The van der Waals surface area contributed by atoms with Crippen molar-refractivity contribution in [2.24, 2.45) is 5.92 Å². The lowest BCUT2D eigenvalue weighted by Gasteiger charge is -2.11. The third-order valence-electron chi connectivity index (χ3n) is 4.54. The van der Waals surface area contributed by atoms with E-state index in [-0.39, 0.29) is 36.6 Å². The van der Waals surface area contributed by atoms with Gasteiger partial charge in [-0.2, -0.15) is 18.3 Å². The highest BCUT2D eigenvalue weighted by molar-refractivity contribution is 7.92. The zero-order chi connectivity index (χ0) is 20.4. The van der Waals surface area contributed by atoms with E-state index in [2.05, 4.69) is 10.1 Å². The lowest BCUT2D eigenvalue weighted by molar-refractivity contribution is -0.140. The molecule has 3 heterocycles. The monoisotopic (exact) mass is 423 g/mol. The van der Waals surface area contributed by atoms with E-state index in [1.54, 1.807) is 0 Å². The van der Waals surface area contributed by atoms with E-state index in [0.717, 1.165) is 31.6 Å². The summed E-state index contributed by atoms with van der Waals surface area (Å²) in [5.41, 5.74) is -3.37. The summed E-state index contributed by atoms with van der Waals surface area (Å²) in [5.74, 6) is -4.27. The lowest BCUT2D eigenvalue weighted by Crippen LogP contribution is -2.23. The molecular formula is C15H11F6N5OS. The topological polar surface area (TPSA) is 57.1 Å². The van der Waals surface area contributed by atoms with Crippen molar-refractivity contribution in [1.82, 2.24) is 23.1 Å². The maximum Gasteiger partial charge on any atom is 0.434 e. The third kappa shape index (κ3) is 2.97. The number of rotatable bonds is 4. The Hall–Kier alpha value is -2.44. The van der Waals surface area contributed by atoms with E-state index in [4.69, 9.17) is 0 Å². The van der Waals surface area contributed by atoms with Crippen LogP contribution in [0.3, 0.4) is 0 Å². The van der Waals surface area contributed by atoms with Crippen molar-refractivity contribution >= 4 is 18.1 Å². The van der Waals surface area contributed by atoms with Crippen LogP contribution < -0.4 is 5.56 Å². The van der Waals surface area contributed by atoms with E-state index in [1.165, 1.54) is 6.92 Å². The van der Waals surface area contributed by atoms with Gasteiger partial charge in [0, 0.05) is 42.5 Å². The molecule has 0 bridgehead atoms. The summed E-state index contributed by atoms with van der Waals surface area (Å²) >= 11 is -0.381. The highest BCUT2D eigenvalue weighted by Crippen LogP contribution is 2.49. The molecule has 0 spiro atoms. The van der Waals surface area contributed by atoms with Crippen LogP contribution in [-0.2, 0) is 12.7 Å². The summed E-state index contributed by atoms with van der Waals surface area (Å²) in [6, 6.07) is 0. The number of aryl methyl sites for hydroxylation is 1. The molecule has 28 heavy (non-hydrogen) atoms. The van der Waals surface area contributed by atoms with Crippen LogP contribution in [0.15, 0.2) is 23.4 Å². The molecule has 150 valence electrons. The van der Waals surface area contributed by atoms with Crippen LogP contribution in [0.1, 0.15) is 17.8 Å². The molecule has 0 saturated heterocycles. The zero-order valence-electron chi connectivity index (χ0n) is 14.0. The van der Waals surface area contributed by atoms with Crippen molar-refractivity contribution in [2.75, 3.05) is 0 Å². The quantitative estimate of drug-likeness (QED) is 0.601. The fourth-order valence-corrected chi connectivity index (χ4v) is 3.36. The fraction of sp³-hybridized carbons (Fsp3) is 0.400. The maximum atomic E-state index is 13.6. The average molecular weight is 423 g/mol. The van der Waals surface area contributed by atoms with Crippen LogP contribution in [0.25, 0.3) is 16.9 Å². The first-order valence-corrected chi connectivity index (χ1v) is 8.62. The second-order valence-corrected chi connectivity index (χ2v) is 7.06. The summed E-state index contributed by atoms with van der Waals surface area (Å²) in [6.45, 7) is 1.22. The number of hydrogen-bond acceptors (Lipinski definition) is 4. The van der Waals surface area contributed by atoms with Crippen LogP contribution in [0.2, 0.25) is 0 Å². The lowest BCUT2D eigenvalue weighted by atomic mass is 10.1. The Kier molecular flexibility index (Phi) is 4.07. The Morgan fingerprint density at radius 1 is 1.32 bits per heavy atom. The molecule has 1 unspecified atom stereocenters. The van der Waals surface area contributed by atoms with Crippen molar-refractivity contribution in [2.45, 2.75) is 32.0 Å². The molecule has 1 aliphatic carbocycles. The molecule has 0 aliphatic heterocycles. The maximum absolute atomic E-state index is 13.6. The molecule has 1 atom stereocenters. The number of halogens is 6. The molecule has 3 aromatic rings. The van der Waals surface area contributed by atoms with E-state index in [0.29, 0.717) is 0 Å². The van der Waals surface area contributed by atoms with E-state index in [1.807, 2.05) is 0 Å². The van der Waals surface area contributed by atoms with Gasteiger partial charge in [-0.1, -0.05) is 0 Å². The predicted octanol–water partition coefficient (Wildman–Crippen LogP) is 3.72. The minimum absolute atomic E-state index is 0.175. The molecule has 1 saturated carbocycles. The summed E-state index contributed by atoms with van der Waals surface area (Å²) in [4.78, 5) is 16.2. The third-order valence-corrected chi connectivity index (χ3v) is 5.13. The van der Waals surface area contributed by atoms with Crippen LogP contribution in [0.4, 0.5) is 25.8 Å². The first-order chi connectivity index (χ1) is 13.0. The molecular weight excluding hydrogens is 412 g/mol. The summed E-state index contributed by atoms with van der Waals surface area (Å²) < 4.78 is 82.5. The van der Waals surface area contributed by atoms with Gasteiger partial charge < -0.3 is 0 Å². The van der Waals surface area contributed by atoms with Crippen molar-refractivity contribution in [3.05, 3.63) is 40.3 Å². The van der Waals surface area contributed by atoms with Gasteiger partial charge in [0.2, 0.25) is 5.78 Å². The van der Waals surface area contributed by atoms with E-state index in [9.17, 15) is 30.6 Å². The molecule has 0 radical (unpaired) electrons. The van der Waals surface area contributed by atoms with Gasteiger partial charge in [-0.25, -0.2) is 17.7 Å². The highest BCUT2D eigenvalue weighted by Gasteiger charge is 2.56. The first kappa shape index (κ1) is 18.9. The summed E-state index contributed by atoms with van der Waals surface area (Å²) in [6.07, 6.45) is -2.06. The number of aromatic nitrogens is 5. The smallest absolute Gasteiger partial charge is 0.272 e. The minimum atomic E-state index is -5.00. The Bertz CT molecular complexity index is 1130. The van der Waals surface area contributed by atoms with Gasteiger partial charge in [0.05, 0.1) is 11.8 Å². The second-order valence-electron chi connectivity index (χ2n) is 6.56. The molecule has 1 aliphatic rings. The summed E-state index contributed by atoms with van der Waals surface area (Å²) in [5, 5.41) is 3.79. The standard InChI is InChI=1S/C15H11F6N5OS/c1-7-4-25-12(27)10(11(15(18,19)20)23-13(25)26(7)28-21)8-3-22-24(5-8)6-9-2-14(9,16)17/h3-5,9H,2,6H2,1H3. The molecule has 6 nitrogen and oxygen atoms in total. The van der Waals surface area contributed by atoms with Gasteiger partial charge in [-0.05, 0) is 6.92 Å². The number of alkyl halides is 5. The van der Waals surface area contributed by atoms with E-state index < -0.39 is 40.6 Å². The van der Waals surface area contributed by atoms with Crippen LogP contribution in [0.5, 0.6) is 0 Å². The second kappa shape index (κ2) is 6.03. The van der Waals surface area contributed by atoms with Crippen molar-refractivity contribution in [3.8, 4) is 11.1 Å². The predicted molar refractivity (Wildman–Crippen MR) is 87.6 cm³/mol. The highest BCUT2D eigenvalue weighted by atomic mass is 32.2. The van der Waals surface area contributed by atoms with Crippen molar-refractivity contribution in [3.63, 3.8) is 0 Å². The van der Waals surface area contributed by atoms with Gasteiger partial charge in [-0.15, -0.1) is 3.89 Å². The van der Waals surface area contributed by atoms with Crippen LogP contribution >= 0.6 is 12.3 Å². The van der Waals surface area contributed by atoms with Gasteiger partial charge in [0.1, 0.15) is 0 Å². The number of fused-ring (bicyclic) bond motifs is 1. The van der Waals surface area contributed by atoms with Crippen molar-refractivity contribution < 1.29 is 25.8 Å². The molecule has 3 aromatic heterocycles. The molecule has 13 heteroatoms.